The molecule has 1 aromatic rings. The van der Waals surface area contributed by atoms with E-state index in [4.69, 9.17) is 33.9 Å². The zero-order valence-corrected chi connectivity index (χ0v) is 10.2. The van der Waals surface area contributed by atoms with Gasteiger partial charge in [0.25, 0.3) is 0 Å². The lowest BCUT2D eigenvalue weighted by molar-refractivity contribution is 0.609. The van der Waals surface area contributed by atoms with Crippen LogP contribution in [-0.2, 0) is 15.5 Å². The van der Waals surface area contributed by atoms with Crippen molar-refractivity contribution in [3.63, 3.8) is 0 Å². The van der Waals surface area contributed by atoms with Crippen molar-refractivity contribution < 1.29 is 8.42 Å². The van der Waals surface area contributed by atoms with Crippen molar-refractivity contribution in [3.05, 3.63) is 20.3 Å². The summed E-state index contributed by atoms with van der Waals surface area (Å²) < 4.78 is 21.7. The molecule has 74 valence electrons. The van der Waals surface area contributed by atoms with Crippen LogP contribution in [0.25, 0.3) is 0 Å². The highest BCUT2D eigenvalue weighted by molar-refractivity contribution is 8.13. The average molecular weight is 280 g/mol. The SMILES string of the molecule is O=S(=O)(Cl)CCc1csc(Cl)c1Cl. The quantitative estimate of drug-likeness (QED) is 0.797. The van der Waals surface area contributed by atoms with Crippen LogP contribution in [0.15, 0.2) is 5.38 Å². The monoisotopic (exact) mass is 278 g/mol. The first-order valence-electron chi connectivity index (χ1n) is 3.24. The highest BCUT2D eigenvalue weighted by Crippen LogP contribution is 2.32. The first kappa shape index (κ1) is 11.6. The molecule has 0 spiro atoms. The van der Waals surface area contributed by atoms with Crippen molar-refractivity contribution >= 4 is 54.3 Å². The van der Waals surface area contributed by atoms with Crippen LogP contribution >= 0.6 is 45.2 Å². The Kier molecular flexibility index (Phi) is 3.89. The number of aryl methyl sites for hydroxylation is 1. The maximum Gasteiger partial charge on any atom is 0.232 e. The topological polar surface area (TPSA) is 34.1 Å². The Morgan fingerprint density at radius 1 is 1.38 bits per heavy atom. The highest BCUT2D eigenvalue weighted by Gasteiger charge is 2.11. The number of hydrogen-bond acceptors (Lipinski definition) is 3. The molecule has 1 rings (SSSR count). The largest absolute Gasteiger partial charge is 0.232 e. The normalized spacial score (nSPS) is 11.9. The molecule has 0 fully saturated rings. The van der Waals surface area contributed by atoms with E-state index in [0.717, 1.165) is 5.56 Å². The molecule has 0 radical (unpaired) electrons. The maximum absolute atomic E-state index is 10.6. The second kappa shape index (κ2) is 4.36. The van der Waals surface area contributed by atoms with Gasteiger partial charge in [0, 0.05) is 10.7 Å². The van der Waals surface area contributed by atoms with Crippen LogP contribution in [0.2, 0.25) is 9.36 Å². The van der Waals surface area contributed by atoms with Gasteiger partial charge < -0.3 is 0 Å². The third-order valence-corrected chi connectivity index (χ3v) is 4.44. The Labute approximate surface area is 94.8 Å². The molecule has 0 N–H and O–H groups in total. The molecular weight excluding hydrogens is 275 g/mol. The number of thiophene rings is 1. The van der Waals surface area contributed by atoms with Gasteiger partial charge >= 0.3 is 0 Å². The van der Waals surface area contributed by atoms with Gasteiger partial charge in [-0.05, 0) is 17.4 Å². The van der Waals surface area contributed by atoms with Crippen molar-refractivity contribution in [3.8, 4) is 0 Å². The van der Waals surface area contributed by atoms with Crippen LogP contribution < -0.4 is 0 Å². The summed E-state index contributed by atoms with van der Waals surface area (Å²) in [6.07, 6.45) is 0.299. The van der Waals surface area contributed by atoms with Crippen molar-refractivity contribution in [2.75, 3.05) is 5.75 Å². The van der Waals surface area contributed by atoms with E-state index in [2.05, 4.69) is 0 Å². The minimum absolute atomic E-state index is 0.124. The molecule has 1 aromatic heterocycles. The lowest BCUT2D eigenvalue weighted by Gasteiger charge is -1.95. The molecule has 0 aliphatic heterocycles. The Bertz CT molecular complexity index is 396. The van der Waals surface area contributed by atoms with Gasteiger partial charge in [-0.25, -0.2) is 8.42 Å². The van der Waals surface area contributed by atoms with E-state index in [1.807, 2.05) is 0 Å². The molecule has 0 aromatic carbocycles. The van der Waals surface area contributed by atoms with Crippen LogP contribution in [0.4, 0.5) is 0 Å². The fourth-order valence-corrected chi connectivity index (χ4v) is 2.77. The van der Waals surface area contributed by atoms with E-state index in [-0.39, 0.29) is 5.75 Å². The van der Waals surface area contributed by atoms with Gasteiger partial charge in [-0.15, -0.1) is 11.3 Å². The van der Waals surface area contributed by atoms with E-state index >= 15 is 0 Å². The van der Waals surface area contributed by atoms with Gasteiger partial charge in [0.05, 0.1) is 10.8 Å². The van der Waals surface area contributed by atoms with Gasteiger partial charge in [0.15, 0.2) is 0 Å². The number of halogens is 3. The van der Waals surface area contributed by atoms with Gasteiger partial charge in [-0.2, -0.15) is 0 Å². The second-order valence-electron chi connectivity index (χ2n) is 2.34. The fourth-order valence-electron chi connectivity index (χ4n) is 0.753. The van der Waals surface area contributed by atoms with E-state index < -0.39 is 9.05 Å². The second-order valence-corrected chi connectivity index (χ2v) is 7.10. The summed E-state index contributed by atoms with van der Waals surface area (Å²) in [5.41, 5.74) is 0.723. The smallest absolute Gasteiger partial charge is 0.212 e. The zero-order chi connectivity index (χ0) is 10.1. The van der Waals surface area contributed by atoms with E-state index in [1.54, 1.807) is 5.38 Å². The molecule has 0 aliphatic rings. The van der Waals surface area contributed by atoms with Crippen LogP contribution in [0, 0.1) is 0 Å². The first-order chi connectivity index (χ1) is 5.90. The lowest BCUT2D eigenvalue weighted by atomic mass is 10.3. The molecule has 7 heteroatoms. The number of hydrogen-bond donors (Lipinski definition) is 0. The molecular formula is C6H5Cl3O2S2. The van der Waals surface area contributed by atoms with E-state index in [0.29, 0.717) is 15.8 Å². The summed E-state index contributed by atoms with van der Waals surface area (Å²) >= 11 is 12.7. The summed E-state index contributed by atoms with van der Waals surface area (Å²) in [5.74, 6) is -0.124. The van der Waals surface area contributed by atoms with E-state index in [1.165, 1.54) is 11.3 Å². The minimum Gasteiger partial charge on any atom is -0.212 e. The molecule has 0 unspecified atom stereocenters. The van der Waals surface area contributed by atoms with Crippen LogP contribution in [0.3, 0.4) is 0 Å². The third kappa shape index (κ3) is 3.64. The standard InChI is InChI=1S/C6H5Cl3O2S2/c7-5-4(3-12-6(5)8)1-2-13(9,10)11/h3H,1-2H2. The molecule has 0 atom stereocenters. The first-order valence-corrected chi connectivity index (χ1v) is 7.35. The van der Waals surface area contributed by atoms with Crippen molar-refractivity contribution in [2.24, 2.45) is 0 Å². The van der Waals surface area contributed by atoms with Crippen molar-refractivity contribution in [1.29, 1.82) is 0 Å². The summed E-state index contributed by atoms with van der Waals surface area (Å²) in [6.45, 7) is 0. The molecule has 0 aliphatic carbocycles. The summed E-state index contributed by atoms with van der Waals surface area (Å²) in [4.78, 5) is 0. The van der Waals surface area contributed by atoms with Crippen molar-refractivity contribution in [1.82, 2.24) is 0 Å². The zero-order valence-electron chi connectivity index (χ0n) is 6.26. The maximum atomic E-state index is 10.6. The van der Waals surface area contributed by atoms with Crippen LogP contribution in [-0.4, -0.2) is 14.2 Å². The molecule has 1 heterocycles. The third-order valence-electron chi connectivity index (χ3n) is 1.37. The predicted molar refractivity (Wildman–Crippen MR) is 57.7 cm³/mol. The summed E-state index contributed by atoms with van der Waals surface area (Å²) in [6, 6.07) is 0. The molecule has 0 saturated carbocycles. The van der Waals surface area contributed by atoms with Gasteiger partial charge in [-0.1, -0.05) is 23.2 Å². The summed E-state index contributed by atoms with van der Waals surface area (Å²) in [7, 11) is 1.59. The molecule has 2 nitrogen and oxygen atoms in total. The van der Waals surface area contributed by atoms with Gasteiger partial charge in [0.2, 0.25) is 9.05 Å². The Balaban J connectivity index is 2.71. The number of rotatable bonds is 3. The highest BCUT2D eigenvalue weighted by atomic mass is 35.7. The van der Waals surface area contributed by atoms with Gasteiger partial charge in [-0.3, -0.25) is 0 Å². The molecule has 0 saturated heterocycles. The Morgan fingerprint density at radius 2 is 2.00 bits per heavy atom. The Morgan fingerprint density at radius 3 is 2.38 bits per heavy atom. The minimum atomic E-state index is -3.45. The van der Waals surface area contributed by atoms with Gasteiger partial charge in [0.1, 0.15) is 4.34 Å². The lowest BCUT2D eigenvalue weighted by Crippen LogP contribution is -2.00. The predicted octanol–water partition coefficient (Wildman–Crippen LogP) is 3.17. The Hall–Kier alpha value is 0.520. The van der Waals surface area contributed by atoms with Crippen molar-refractivity contribution in [2.45, 2.75) is 6.42 Å². The fraction of sp³-hybridized carbons (Fsp3) is 0.333. The summed E-state index contributed by atoms with van der Waals surface area (Å²) in [5, 5.41) is 2.15. The molecule has 13 heavy (non-hydrogen) atoms. The molecule has 0 bridgehead atoms. The van der Waals surface area contributed by atoms with E-state index in [9.17, 15) is 8.42 Å². The average Bonchev–Trinajstić information content (AvgIpc) is 2.29. The van der Waals surface area contributed by atoms with Crippen LogP contribution in [0.1, 0.15) is 5.56 Å². The molecule has 0 amide bonds. The van der Waals surface area contributed by atoms with Crippen LogP contribution in [0.5, 0.6) is 0 Å².